The molecule has 0 bridgehead atoms. The van der Waals surface area contributed by atoms with Crippen LogP contribution in [-0.4, -0.2) is 30.3 Å². The Kier molecular flexibility index (Phi) is 4.79. The average Bonchev–Trinajstić information content (AvgIpc) is 2.28. The fraction of sp³-hybridized carbons (Fsp3) is 0.273. The second-order valence-electron chi connectivity index (χ2n) is 3.04. The van der Waals surface area contributed by atoms with Gasteiger partial charge in [-0.15, -0.1) is 0 Å². The molecule has 1 aromatic rings. The number of carbonyl (C=O) groups excluding carboxylic acids is 1. The molecule has 1 rings (SSSR count). The molecule has 16 heavy (non-hydrogen) atoms. The molecule has 0 aromatic heterocycles. The first kappa shape index (κ1) is 12.5. The van der Waals surface area contributed by atoms with Crippen molar-refractivity contribution in [2.45, 2.75) is 6.92 Å². The molecule has 0 heterocycles. The van der Waals surface area contributed by atoms with Crippen LogP contribution < -0.4 is 4.74 Å². The van der Waals surface area contributed by atoms with E-state index in [0.29, 0.717) is 6.61 Å². The monoisotopic (exact) mass is 240 g/mol. The Balaban J connectivity index is 2.64. The van der Waals surface area contributed by atoms with E-state index < -0.39 is 5.37 Å². The minimum Gasteiger partial charge on any atom is -0.494 e. The lowest BCUT2D eigenvalue weighted by molar-refractivity contribution is 0.248. The van der Waals surface area contributed by atoms with Gasteiger partial charge in [-0.2, -0.15) is 0 Å². The highest BCUT2D eigenvalue weighted by atomic mass is 35.5. The van der Waals surface area contributed by atoms with Crippen LogP contribution >= 0.6 is 11.6 Å². The van der Waals surface area contributed by atoms with E-state index in [2.05, 4.69) is 4.99 Å². The number of carbonyl (C=O) groups is 1. The predicted molar refractivity (Wildman–Crippen MR) is 64.8 cm³/mol. The molecular weight excluding hydrogens is 228 g/mol. The number of rotatable bonds is 4. The zero-order valence-corrected chi connectivity index (χ0v) is 9.94. The first-order valence-corrected chi connectivity index (χ1v) is 5.20. The first-order valence-electron chi connectivity index (χ1n) is 4.83. The molecule has 86 valence electrons. The van der Waals surface area contributed by atoms with E-state index in [-0.39, 0.29) is 0 Å². The van der Waals surface area contributed by atoms with Crippen LogP contribution in [0.3, 0.4) is 0 Å². The summed E-state index contributed by atoms with van der Waals surface area (Å²) in [5, 5.41) is -0.574. The van der Waals surface area contributed by atoms with Crippen molar-refractivity contribution >= 4 is 29.0 Å². The maximum absolute atomic E-state index is 10.7. The van der Waals surface area contributed by atoms with Crippen LogP contribution in [-0.2, 0) is 0 Å². The van der Waals surface area contributed by atoms with Gasteiger partial charge in [-0.25, -0.2) is 4.99 Å². The predicted octanol–water partition coefficient (Wildman–Crippen LogP) is 3.04. The molecule has 1 aromatic carbocycles. The van der Waals surface area contributed by atoms with Gasteiger partial charge < -0.3 is 4.74 Å². The summed E-state index contributed by atoms with van der Waals surface area (Å²) in [6.07, 6.45) is 1.37. The van der Waals surface area contributed by atoms with Gasteiger partial charge in [0.25, 0.3) is 0 Å². The normalized spacial score (nSPS) is 10.4. The summed E-state index contributed by atoms with van der Waals surface area (Å²) < 4.78 is 5.29. The van der Waals surface area contributed by atoms with Gasteiger partial charge in [0.2, 0.25) is 0 Å². The smallest absolute Gasteiger partial charge is 0.321 e. The minimum absolute atomic E-state index is 0.574. The second-order valence-corrected chi connectivity index (χ2v) is 3.36. The highest BCUT2D eigenvalue weighted by Gasteiger charge is 1.99. The van der Waals surface area contributed by atoms with Crippen LogP contribution in [0.1, 0.15) is 6.92 Å². The molecule has 0 unspecified atom stereocenters. The molecule has 0 saturated heterocycles. The summed E-state index contributed by atoms with van der Waals surface area (Å²) in [6, 6.07) is 7.24. The Morgan fingerprint density at radius 1 is 1.50 bits per heavy atom. The summed E-state index contributed by atoms with van der Waals surface area (Å²) in [5.74, 6) is 0.795. The molecule has 0 atom stereocenters. The lowest BCUT2D eigenvalue weighted by Crippen LogP contribution is -2.17. The van der Waals surface area contributed by atoms with Gasteiger partial charge >= 0.3 is 5.37 Å². The molecule has 5 heteroatoms. The third-order valence-electron chi connectivity index (χ3n) is 1.81. The largest absolute Gasteiger partial charge is 0.494 e. The SMILES string of the molecule is CCOc1ccc(N=CN(C)C(=O)Cl)cc1. The van der Waals surface area contributed by atoms with Gasteiger partial charge in [-0.3, -0.25) is 9.69 Å². The molecule has 0 N–H and O–H groups in total. The van der Waals surface area contributed by atoms with Crippen LogP contribution in [0.4, 0.5) is 10.5 Å². The van der Waals surface area contributed by atoms with Gasteiger partial charge in [0.05, 0.1) is 18.6 Å². The Morgan fingerprint density at radius 2 is 2.12 bits per heavy atom. The highest BCUT2D eigenvalue weighted by Crippen LogP contribution is 2.17. The van der Waals surface area contributed by atoms with Crippen LogP contribution in [0.2, 0.25) is 0 Å². The molecule has 0 aliphatic heterocycles. The summed E-state index contributed by atoms with van der Waals surface area (Å²) in [6.45, 7) is 2.55. The van der Waals surface area contributed by atoms with Crippen molar-refractivity contribution in [2.24, 2.45) is 4.99 Å². The number of nitrogens with zero attached hydrogens (tertiary/aromatic N) is 2. The van der Waals surface area contributed by atoms with Gasteiger partial charge in [0.1, 0.15) is 5.75 Å². The third kappa shape index (κ3) is 3.90. The molecule has 4 nitrogen and oxygen atoms in total. The first-order chi connectivity index (χ1) is 7.63. The van der Waals surface area contributed by atoms with Crippen molar-refractivity contribution in [3.8, 4) is 5.75 Å². The molecule has 1 amide bonds. The van der Waals surface area contributed by atoms with Crippen molar-refractivity contribution in [1.82, 2.24) is 4.90 Å². The van der Waals surface area contributed by atoms with E-state index in [1.165, 1.54) is 18.3 Å². The Labute approximate surface area is 99.5 Å². The Morgan fingerprint density at radius 3 is 2.62 bits per heavy atom. The van der Waals surface area contributed by atoms with E-state index in [1.54, 1.807) is 12.1 Å². The number of benzene rings is 1. The maximum atomic E-state index is 10.7. The van der Waals surface area contributed by atoms with Gasteiger partial charge in [-0.05, 0) is 42.8 Å². The zero-order chi connectivity index (χ0) is 12.0. The van der Waals surface area contributed by atoms with E-state index in [1.807, 2.05) is 19.1 Å². The quantitative estimate of drug-likeness (QED) is 0.351. The van der Waals surface area contributed by atoms with E-state index in [4.69, 9.17) is 16.3 Å². The van der Waals surface area contributed by atoms with Gasteiger partial charge in [0.15, 0.2) is 0 Å². The molecule has 0 spiro atoms. The van der Waals surface area contributed by atoms with E-state index >= 15 is 0 Å². The number of hydrogen-bond donors (Lipinski definition) is 0. The van der Waals surface area contributed by atoms with E-state index in [0.717, 1.165) is 11.4 Å². The topological polar surface area (TPSA) is 41.9 Å². The maximum Gasteiger partial charge on any atom is 0.321 e. The lowest BCUT2D eigenvalue weighted by Gasteiger charge is -2.05. The summed E-state index contributed by atoms with van der Waals surface area (Å²) in [5.41, 5.74) is 0.730. The summed E-state index contributed by atoms with van der Waals surface area (Å²) in [4.78, 5) is 15.9. The molecule has 0 aliphatic carbocycles. The second kappa shape index (κ2) is 6.12. The zero-order valence-electron chi connectivity index (χ0n) is 9.18. The fourth-order valence-corrected chi connectivity index (χ4v) is 1.04. The standard InChI is InChI=1S/C11H13ClN2O2/c1-3-16-10-6-4-9(5-7-10)13-8-14(2)11(12)15/h4-8H,3H2,1-2H3. The van der Waals surface area contributed by atoms with Crippen LogP contribution in [0, 0.1) is 0 Å². The number of aliphatic imine (C=N–C) groups is 1. The van der Waals surface area contributed by atoms with Crippen molar-refractivity contribution in [2.75, 3.05) is 13.7 Å². The summed E-state index contributed by atoms with van der Waals surface area (Å²) >= 11 is 5.24. The van der Waals surface area contributed by atoms with E-state index in [9.17, 15) is 4.79 Å². The number of halogens is 1. The van der Waals surface area contributed by atoms with Gasteiger partial charge in [-0.1, -0.05) is 0 Å². The summed E-state index contributed by atoms with van der Waals surface area (Å²) in [7, 11) is 1.54. The molecular formula is C11H13ClN2O2. The fourth-order valence-electron chi connectivity index (χ4n) is 0.994. The minimum atomic E-state index is -0.574. The Bertz CT molecular complexity index is 376. The van der Waals surface area contributed by atoms with Crippen molar-refractivity contribution in [1.29, 1.82) is 0 Å². The number of ether oxygens (including phenoxy) is 1. The number of amides is 1. The third-order valence-corrected chi connectivity index (χ3v) is 2.07. The number of hydrogen-bond acceptors (Lipinski definition) is 3. The van der Waals surface area contributed by atoms with Crippen molar-refractivity contribution < 1.29 is 9.53 Å². The molecule has 0 saturated carbocycles. The average molecular weight is 241 g/mol. The van der Waals surface area contributed by atoms with Crippen LogP contribution in [0.15, 0.2) is 29.3 Å². The molecule has 0 fully saturated rings. The van der Waals surface area contributed by atoms with Crippen LogP contribution in [0.5, 0.6) is 5.75 Å². The van der Waals surface area contributed by atoms with Crippen molar-refractivity contribution in [3.63, 3.8) is 0 Å². The Hall–Kier alpha value is -1.55. The molecule has 0 aliphatic rings. The van der Waals surface area contributed by atoms with Crippen molar-refractivity contribution in [3.05, 3.63) is 24.3 Å². The van der Waals surface area contributed by atoms with Gasteiger partial charge in [0, 0.05) is 7.05 Å². The lowest BCUT2D eigenvalue weighted by atomic mass is 10.3. The highest BCUT2D eigenvalue weighted by molar-refractivity contribution is 6.63. The molecule has 0 radical (unpaired) electrons. The van der Waals surface area contributed by atoms with Crippen LogP contribution in [0.25, 0.3) is 0 Å².